The van der Waals surface area contributed by atoms with Crippen LogP contribution in [0.25, 0.3) is 5.69 Å². The molecule has 0 bridgehead atoms. The van der Waals surface area contributed by atoms with Crippen LogP contribution in [0.2, 0.25) is 0 Å². The van der Waals surface area contributed by atoms with Crippen molar-refractivity contribution in [2.45, 2.75) is 20.4 Å². The fourth-order valence-electron chi connectivity index (χ4n) is 2.67. The first-order valence-electron chi connectivity index (χ1n) is 7.32. The third-order valence-corrected chi connectivity index (χ3v) is 3.77. The van der Waals surface area contributed by atoms with Crippen molar-refractivity contribution in [1.29, 1.82) is 0 Å². The molecule has 0 spiro atoms. The summed E-state index contributed by atoms with van der Waals surface area (Å²) in [6, 6.07) is 11.8. The van der Waals surface area contributed by atoms with Crippen molar-refractivity contribution in [3.05, 3.63) is 77.3 Å². The molecular weight excluding hydrogens is 295 g/mol. The first-order chi connectivity index (χ1) is 11.1. The molecule has 118 valence electrons. The Bertz CT molecular complexity index is 835. The van der Waals surface area contributed by atoms with Crippen molar-refractivity contribution in [2.24, 2.45) is 0 Å². The summed E-state index contributed by atoms with van der Waals surface area (Å²) in [4.78, 5) is 12.4. The van der Waals surface area contributed by atoms with Crippen LogP contribution in [0.3, 0.4) is 0 Å². The number of aromatic nitrogens is 1. The van der Waals surface area contributed by atoms with Crippen LogP contribution >= 0.6 is 0 Å². The zero-order valence-electron chi connectivity index (χ0n) is 13.0. The van der Waals surface area contributed by atoms with Crippen molar-refractivity contribution in [2.75, 3.05) is 0 Å². The second-order valence-electron chi connectivity index (χ2n) is 5.33. The van der Waals surface area contributed by atoms with Gasteiger partial charge in [0.2, 0.25) is 0 Å². The van der Waals surface area contributed by atoms with Crippen LogP contribution in [-0.2, 0) is 6.54 Å². The second-order valence-corrected chi connectivity index (χ2v) is 5.33. The van der Waals surface area contributed by atoms with Crippen LogP contribution in [0.1, 0.15) is 27.5 Å². The van der Waals surface area contributed by atoms with Crippen molar-refractivity contribution < 1.29 is 13.6 Å². The van der Waals surface area contributed by atoms with Gasteiger partial charge >= 0.3 is 0 Å². The molecule has 0 aliphatic carbocycles. The van der Waals surface area contributed by atoms with Crippen molar-refractivity contribution in [3.8, 4) is 5.69 Å². The quantitative estimate of drug-likeness (QED) is 0.797. The van der Waals surface area contributed by atoms with E-state index in [-0.39, 0.29) is 11.7 Å². The number of furan rings is 1. The number of amides is 1. The maximum absolute atomic E-state index is 14.0. The molecule has 0 aliphatic rings. The van der Waals surface area contributed by atoms with Crippen LogP contribution < -0.4 is 5.32 Å². The lowest BCUT2D eigenvalue weighted by Gasteiger charge is -2.11. The number of carbonyl (C=O) groups excluding carboxylic acids is 1. The molecule has 5 heteroatoms. The number of para-hydroxylation sites is 1. The van der Waals surface area contributed by atoms with Gasteiger partial charge in [-0.2, -0.15) is 0 Å². The molecule has 0 atom stereocenters. The summed E-state index contributed by atoms with van der Waals surface area (Å²) in [7, 11) is 0. The Hall–Kier alpha value is -2.82. The Morgan fingerprint density at radius 2 is 2.00 bits per heavy atom. The lowest BCUT2D eigenvalue weighted by Crippen LogP contribution is -2.23. The Kier molecular flexibility index (Phi) is 4.02. The Labute approximate surface area is 133 Å². The topological polar surface area (TPSA) is 47.2 Å². The summed E-state index contributed by atoms with van der Waals surface area (Å²) < 4.78 is 21.0. The average molecular weight is 312 g/mol. The smallest absolute Gasteiger partial charge is 0.253 e. The van der Waals surface area contributed by atoms with E-state index >= 15 is 0 Å². The van der Waals surface area contributed by atoms with E-state index in [1.807, 2.05) is 6.92 Å². The molecule has 4 nitrogen and oxygen atoms in total. The highest BCUT2D eigenvalue weighted by molar-refractivity contribution is 5.95. The van der Waals surface area contributed by atoms with Crippen LogP contribution in [0, 0.1) is 19.7 Å². The van der Waals surface area contributed by atoms with Crippen molar-refractivity contribution >= 4 is 5.91 Å². The fourth-order valence-corrected chi connectivity index (χ4v) is 2.67. The minimum atomic E-state index is -0.322. The standard InChI is InChI=1S/C18H17FN2O2/c1-12-10-15(18(22)20-11-14-6-5-9-23-14)13(2)21(12)17-8-4-3-7-16(17)19/h3-10H,11H2,1-2H3,(H,20,22). The minimum Gasteiger partial charge on any atom is -0.467 e. The monoisotopic (exact) mass is 312 g/mol. The number of hydrogen-bond donors (Lipinski definition) is 1. The van der Waals surface area contributed by atoms with Gasteiger partial charge in [0.25, 0.3) is 5.91 Å². The van der Waals surface area contributed by atoms with Crippen LogP contribution in [0.5, 0.6) is 0 Å². The predicted octanol–water partition coefficient (Wildman–Crippen LogP) is 3.76. The summed E-state index contributed by atoms with van der Waals surface area (Å²) >= 11 is 0. The summed E-state index contributed by atoms with van der Waals surface area (Å²) in [6.45, 7) is 3.97. The van der Waals surface area contributed by atoms with E-state index in [2.05, 4.69) is 5.32 Å². The van der Waals surface area contributed by atoms with Crippen molar-refractivity contribution in [3.63, 3.8) is 0 Å². The lowest BCUT2D eigenvalue weighted by molar-refractivity contribution is 0.0947. The number of carbonyl (C=O) groups is 1. The van der Waals surface area contributed by atoms with Gasteiger partial charge in [-0.15, -0.1) is 0 Å². The first-order valence-corrected chi connectivity index (χ1v) is 7.32. The zero-order chi connectivity index (χ0) is 16.4. The first kappa shape index (κ1) is 15.1. The predicted molar refractivity (Wildman–Crippen MR) is 85.1 cm³/mol. The minimum absolute atomic E-state index is 0.211. The average Bonchev–Trinajstić information content (AvgIpc) is 3.14. The van der Waals surface area contributed by atoms with E-state index in [0.29, 0.717) is 29.2 Å². The van der Waals surface area contributed by atoms with Gasteiger partial charge in [0.15, 0.2) is 0 Å². The highest BCUT2D eigenvalue weighted by Gasteiger charge is 2.18. The van der Waals surface area contributed by atoms with E-state index in [1.54, 1.807) is 54.2 Å². The molecule has 2 aromatic heterocycles. The molecule has 0 aliphatic heterocycles. The van der Waals surface area contributed by atoms with Crippen molar-refractivity contribution in [1.82, 2.24) is 9.88 Å². The molecule has 0 radical (unpaired) electrons. The fraction of sp³-hybridized carbons (Fsp3) is 0.167. The molecule has 0 saturated carbocycles. The molecule has 3 aromatic rings. The Morgan fingerprint density at radius 1 is 1.22 bits per heavy atom. The molecule has 1 N–H and O–H groups in total. The Balaban J connectivity index is 1.88. The largest absolute Gasteiger partial charge is 0.467 e. The molecule has 23 heavy (non-hydrogen) atoms. The molecule has 1 aromatic carbocycles. The maximum atomic E-state index is 14.0. The van der Waals surface area contributed by atoms with E-state index < -0.39 is 0 Å². The third-order valence-electron chi connectivity index (χ3n) is 3.77. The molecule has 2 heterocycles. The van der Waals surface area contributed by atoms with Gasteiger partial charge in [-0.25, -0.2) is 4.39 Å². The van der Waals surface area contributed by atoms with Gasteiger partial charge < -0.3 is 14.3 Å². The number of rotatable bonds is 4. The van der Waals surface area contributed by atoms with Gasteiger partial charge in [-0.05, 0) is 44.2 Å². The SMILES string of the molecule is Cc1cc(C(=O)NCc2ccco2)c(C)n1-c1ccccc1F. The summed E-state index contributed by atoms with van der Waals surface area (Å²) in [5.74, 6) is 0.148. The highest BCUT2D eigenvalue weighted by atomic mass is 19.1. The number of nitrogens with one attached hydrogen (secondary N) is 1. The van der Waals surface area contributed by atoms with E-state index in [4.69, 9.17) is 4.42 Å². The normalized spacial score (nSPS) is 10.7. The Morgan fingerprint density at radius 3 is 2.70 bits per heavy atom. The maximum Gasteiger partial charge on any atom is 0.253 e. The second kappa shape index (κ2) is 6.12. The van der Waals surface area contributed by atoms with Crippen LogP contribution in [0.15, 0.2) is 53.1 Å². The molecule has 3 rings (SSSR count). The number of nitrogens with zero attached hydrogens (tertiary/aromatic N) is 1. The summed E-state index contributed by atoms with van der Waals surface area (Å²) in [5, 5.41) is 2.81. The van der Waals surface area contributed by atoms with Gasteiger partial charge in [-0.3, -0.25) is 4.79 Å². The number of benzene rings is 1. The molecule has 0 unspecified atom stereocenters. The van der Waals surface area contributed by atoms with Gasteiger partial charge in [0.05, 0.1) is 24.1 Å². The van der Waals surface area contributed by atoms with Crippen LogP contribution in [-0.4, -0.2) is 10.5 Å². The number of hydrogen-bond acceptors (Lipinski definition) is 2. The summed E-state index contributed by atoms with van der Waals surface area (Å²) in [5.41, 5.74) is 2.46. The number of halogens is 1. The van der Waals surface area contributed by atoms with Gasteiger partial charge in [0, 0.05) is 11.4 Å². The summed E-state index contributed by atoms with van der Waals surface area (Å²) in [6.07, 6.45) is 1.56. The third kappa shape index (κ3) is 2.90. The molecule has 1 amide bonds. The molecule has 0 fully saturated rings. The van der Waals surface area contributed by atoms with E-state index in [9.17, 15) is 9.18 Å². The number of aryl methyl sites for hydroxylation is 1. The van der Waals surface area contributed by atoms with Crippen LogP contribution in [0.4, 0.5) is 4.39 Å². The van der Waals surface area contributed by atoms with E-state index in [0.717, 1.165) is 5.69 Å². The van der Waals surface area contributed by atoms with Gasteiger partial charge in [0.1, 0.15) is 11.6 Å². The molecule has 0 saturated heterocycles. The lowest BCUT2D eigenvalue weighted by atomic mass is 10.2. The molecular formula is C18H17FN2O2. The van der Waals surface area contributed by atoms with E-state index in [1.165, 1.54) is 6.07 Å². The van der Waals surface area contributed by atoms with Gasteiger partial charge in [-0.1, -0.05) is 12.1 Å². The highest BCUT2D eigenvalue weighted by Crippen LogP contribution is 2.22. The zero-order valence-corrected chi connectivity index (χ0v) is 13.0.